The highest BCUT2D eigenvalue weighted by atomic mass is 32.2. The second kappa shape index (κ2) is 2.47. The average Bonchev–Trinajstić information content (AvgIpc) is 2.21. The van der Waals surface area contributed by atoms with Crippen molar-refractivity contribution in [2.24, 2.45) is 0 Å². The van der Waals surface area contributed by atoms with Crippen molar-refractivity contribution in [1.29, 1.82) is 0 Å². The Morgan fingerprint density at radius 2 is 2.14 bits per heavy atom. The molecule has 6 nitrogen and oxygen atoms in total. The van der Waals surface area contributed by atoms with Crippen LogP contribution in [0.15, 0.2) is 0 Å². The van der Waals surface area contributed by atoms with Gasteiger partial charge >= 0.3 is 5.97 Å². The lowest BCUT2D eigenvalue weighted by Gasteiger charge is -2.34. The molecular formula is C7H9NO5S. The van der Waals surface area contributed by atoms with Gasteiger partial charge in [0, 0.05) is 0 Å². The van der Waals surface area contributed by atoms with Crippen LogP contribution in [0.1, 0.15) is 13.3 Å². The molecule has 2 fully saturated rings. The maximum atomic E-state index is 11.6. The number of β-lactam (4-membered cyclic amide) rings is 1. The third-order valence-electron chi connectivity index (χ3n) is 2.84. The molecule has 14 heavy (non-hydrogen) atoms. The third-order valence-corrected chi connectivity index (χ3v) is 5.29. The summed E-state index contributed by atoms with van der Waals surface area (Å²) in [6, 6.07) is -1.20. The lowest BCUT2D eigenvalue weighted by Crippen LogP contribution is -2.56. The molecule has 0 aromatic carbocycles. The van der Waals surface area contributed by atoms with Crippen LogP contribution in [0.4, 0.5) is 0 Å². The summed E-state index contributed by atoms with van der Waals surface area (Å²) < 4.78 is 23.1. The highest BCUT2D eigenvalue weighted by molar-refractivity contribution is 7.93. The Bertz CT molecular complexity index is 414. The van der Waals surface area contributed by atoms with Crippen LogP contribution in [0.2, 0.25) is 0 Å². The number of carboxylic acids is 1. The number of rotatable bonds is 1. The summed E-state index contributed by atoms with van der Waals surface area (Å²) in [4.78, 5) is 22.8. The van der Waals surface area contributed by atoms with Crippen LogP contribution in [0.3, 0.4) is 0 Å². The maximum absolute atomic E-state index is 11.6. The predicted molar refractivity (Wildman–Crippen MR) is 45.1 cm³/mol. The number of sulfone groups is 1. The smallest absolute Gasteiger partial charge is 0.327 e. The summed E-state index contributed by atoms with van der Waals surface area (Å²) in [6.07, 6.45) is -0.0730. The van der Waals surface area contributed by atoms with Gasteiger partial charge in [-0.2, -0.15) is 0 Å². The van der Waals surface area contributed by atoms with E-state index in [-0.39, 0.29) is 6.42 Å². The second-order valence-corrected chi connectivity index (χ2v) is 6.00. The van der Waals surface area contributed by atoms with Gasteiger partial charge in [0.05, 0.1) is 11.7 Å². The number of aliphatic carboxylic acids is 1. The molecule has 2 aliphatic rings. The first kappa shape index (κ1) is 9.45. The summed E-state index contributed by atoms with van der Waals surface area (Å²) in [6.45, 7) is 1.33. The number of carboxylic acid groups (broad SMARTS) is 1. The Labute approximate surface area is 80.4 Å². The summed E-state index contributed by atoms with van der Waals surface area (Å²) in [5.74, 6) is -1.65. The van der Waals surface area contributed by atoms with E-state index in [0.717, 1.165) is 4.90 Å². The van der Waals surface area contributed by atoms with E-state index in [1.807, 2.05) is 0 Å². The van der Waals surface area contributed by atoms with Crippen molar-refractivity contribution in [3.8, 4) is 0 Å². The van der Waals surface area contributed by atoms with E-state index in [1.54, 1.807) is 0 Å². The highest BCUT2D eigenvalue weighted by Gasteiger charge is 2.61. The normalized spacial score (nSPS) is 39.1. The Morgan fingerprint density at radius 1 is 1.57 bits per heavy atom. The minimum absolute atomic E-state index is 0.0730. The summed E-state index contributed by atoms with van der Waals surface area (Å²) in [5.41, 5.74) is 0. The summed E-state index contributed by atoms with van der Waals surface area (Å²) >= 11 is 0. The molecule has 78 valence electrons. The van der Waals surface area contributed by atoms with Crippen molar-refractivity contribution in [1.82, 2.24) is 4.90 Å². The lowest BCUT2D eigenvalue weighted by atomic mass is 10.1. The van der Waals surface area contributed by atoms with Crippen LogP contribution in [0, 0.1) is 0 Å². The van der Waals surface area contributed by atoms with Gasteiger partial charge in [-0.15, -0.1) is 0 Å². The quantitative estimate of drug-likeness (QED) is 0.560. The largest absolute Gasteiger partial charge is 0.480 e. The number of hydrogen-bond acceptors (Lipinski definition) is 4. The molecule has 0 radical (unpaired) electrons. The van der Waals surface area contributed by atoms with E-state index in [2.05, 4.69) is 0 Å². The fourth-order valence-electron chi connectivity index (χ4n) is 1.98. The number of nitrogens with zero attached hydrogens (tertiary/aromatic N) is 1. The van der Waals surface area contributed by atoms with E-state index in [0.29, 0.717) is 0 Å². The van der Waals surface area contributed by atoms with E-state index in [4.69, 9.17) is 5.11 Å². The minimum Gasteiger partial charge on any atom is -0.480 e. The fourth-order valence-corrected chi connectivity index (χ4v) is 4.03. The summed E-state index contributed by atoms with van der Waals surface area (Å²) in [7, 11) is -3.47. The van der Waals surface area contributed by atoms with Crippen molar-refractivity contribution in [2.45, 2.75) is 30.0 Å². The van der Waals surface area contributed by atoms with Crippen LogP contribution in [0.5, 0.6) is 0 Å². The van der Waals surface area contributed by atoms with Crippen molar-refractivity contribution in [2.75, 3.05) is 0 Å². The zero-order chi connectivity index (χ0) is 10.7. The van der Waals surface area contributed by atoms with Gasteiger partial charge in [0.15, 0.2) is 9.84 Å². The predicted octanol–water partition coefficient (Wildman–Crippen LogP) is -1.19. The number of fused-ring (bicyclic) bond motifs is 1. The molecule has 0 unspecified atom stereocenters. The first-order valence-electron chi connectivity index (χ1n) is 4.14. The number of carbonyl (C=O) groups is 2. The van der Waals surface area contributed by atoms with E-state index < -0.39 is 38.4 Å². The van der Waals surface area contributed by atoms with Gasteiger partial charge < -0.3 is 10.0 Å². The maximum Gasteiger partial charge on any atom is 0.327 e. The van der Waals surface area contributed by atoms with Crippen LogP contribution in [-0.2, 0) is 19.4 Å². The average molecular weight is 219 g/mol. The molecule has 2 aliphatic heterocycles. The van der Waals surface area contributed by atoms with E-state index >= 15 is 0 Å². The summed E-state index contributed by atoms with van der Waals surface area (Å²) in [5, 5.41) is 6.90. The first-order valence-corrected chi connectivity index (χ1v) is 5.75. The zero-order valence-corrected chi connectivity index (χ0v) is 8.19. The van der Waals surface area contributed by atoms with Crippen LogP contribution in [-0.4, -0.2) is 47.0 Å². The third kappa shape index (κ3) is 0.875. The van der Waals surface area contributed by atoms with Gasteiger partial charge in [0.25, 0.3) is 0 Å². The Morgan fingerprint density at radius 3 is 2.50 bits per heavy atom. The van der Waals surface area contributed by atoms with Crippen molar-refractivity contribution >= 4 is 21.7 Å². The van der Waals surface area contributed by atoms with Gasteiger partial charge in [-0.05, 0) is 6.92 Å². The molecule has 2 heterocycles. The molecule has 7 heteroatoms. The molecule has 3 atom stereocenters. The molecule has 0 spiro atoms. The molecule has 0 aromatic heterocycles. The number of carbonyl (C=O) groups excluding carboxylic acids is 1. The minimum atomic E-state index is -3.47. The second-order valence-electron chi connectivity index (χ2n) is 3.54. The molecule has 2 rings (SSSR count). The Hall–Kier alpha value is -1.11. The molecule has 0 aromatic rings. The Balaban J connectivity index is 2.46. The zero-order valence-electron chi connectivity index (χ0n) is 7.37. The first-order chi connectivity index (χ1) is 6.37. The number of amides is 1. The Kier molecular flexibility index (Phi) is 1.67. The topological polar surface area (TPSA) is 91.8 Å². The van der Waals surface area contributed by atoms with Gasteiger partial charge in [-0.3, -0.25) is 4.79 Å². The van der Waals surface area contributed by atoms with Crippen LogP contribution in [0.25, 0.3) is 0 Å². The van der Waals surface area contributed by atoms with Crippen LogP contribution >= 0.6 is 0 Å². The molecule has 1 amide bonds. The molecule has 0 bridgehead atoms. The molecular weight excluding hydrogens is 210 g/mol. The van der Waals surface area contributed by atoms with Crippen molar-refractivity contribution < 1.29 is 23.1 Å². The SMILES string of the molecule is C[C@@H]1[C@H](C(=O)O)N2C(=O)C[C@H]2S1(=O)=O. The molecule has 0 aliphatic carbocycles. The van der Waals surface area contributed by atoms with Gasteiger partial charge in [0.2, 0.25) is 5.91 Å². The van der Waals surface area contributed by atoms with Gasteiger partial charge in [0.1, 0.15) is 11.4 Å². The standard InChI is InChI=1S/C7H9NO5S/c1-3-6(7(10)11)8-4(9)2-5(8)14(3,12)13/h3,5-6H,2H2,1H3,(H,10,11)/t3-,5-,6-/m1/s1. The van der Waals surface area contributed by atoms with Crippen LogP contribution < -0.4 is 0 Å². The number of hydrogen-bond donors (Lipinski definition) is 1. The van der Waals surface area contributed by atoms with Crippen molar-refractivity contribution in [3.63, 3.8) is 0 Å². The van der Waals surface area contributed by atoms with E-state index in [9.17, 15) is 18.0 Å². The highest BCUT2D eigenvalue weighted by Crippen LogP contribution is 2.39. The van der Waals surface area contributed by atoms with Gasteiger partial charge in [-0.25, -0.2) is 13.2 Å². The van der Waals surface area contributed by atoms with Crippen molar-refractivity contribution in [3.05, 3.63) is 0 Å². The molecule has 1 N–H and O–H groups in total. The fraction of sp³-hybridized carbons (Fsp3) is 0.714. The lowest BCUT2D eigenvalue weighted by molar-refractivity contribution is -0.156. The molecule has 2 saturated heterocycles. The van der Waals surface area contributed by atoms with E-state index in [1.165, 1.54) is 6.92 Å². The molecule has 0 saturated carbocycles. The monoisotopic (exact) mass is 219 g/mol. The van der Waals surface area contributed by atoms with Gasteiger partial charge in [-0.1, -0.05) is 0 Å².